The Morgan fingerprint density at radius 2 is 1.75 bits per heavy atom. The molecule has 0 saturated carbocycles. The lowest BCUT2D eigenvalue weighted by Gasteiger charge is -2.28. The lowest BCUT2D eigenvalue weighted by atomic mass is 9.85. The van der Waals surface area contributed by atoms with Gasteiger partial charge in [0.25, 0.3) is 5.91 Å². The minimum atomic E-state index is -1.46. The molecule has 138 valence electrons. The van der Waals surface area contributed by atoms with E-state index < -0.39 is 23.5 Å². The first kappa shape index (κ1) is 22.1. The van der Waals surface area contributed by atoms with E-state index >= 15 is 0 Å². The van der Waals surface area contributed by atoms with E-state index in [2.05, 4.69) is 17.2 Å². The summed E-state index contributed by atoms with van der Waals surface area (Å²) in [5.74, 6) is -1.07. The Bertz CT molecular complexity index is 488. The maximum atomic E-state index is 11.9. The van der Waals surface area contributed by atoms with Gasteiger partial charge < -0.3 is 15.7 Å². The number of allylic oxidation sites excluding steroid dienone is 1. The summed E-state index contributed by atoms with van der Waals surface area (Å²) in [5.41, 5.74) is -0.616. The highest BCUT2D eigenvalue weighted by Crippen LogP contribution is 2.27. The molecule has 0 radical (unpaired) electrons. The van der Waals surface area contributed by atoms with E-state index in [1.54, 1.807) is 13.8 Å². The fraction of sp³-hybridized carbons (Fsp3) is 0.688. The van der Waals surface area contributed by atoms with Crippen molar-refractivity contribution >= 4 is 17.8 Å². The summed E-state index contributed by atoms with van der Waals surface area (Å²) in [7, 11) is 1.49. The molecular formula is C16H29N3O5. The molecule has 4 amide bonds. The third-order valence-corrected chi connectivity index (χ3v) is 3.66. The minimum Gasteiger partial charge on any atom is -0.383 e. The molecule has 1 atom stereocenters. The van der Waals surface area contributed by atoms with Gasteiger partial charge in [-0.2, -0.15) is 0 Å². The Morgan fingerprint density at radius 3 is 2.21 bits per heavy atom. The molecule has 0 aromatic heterocycles. The molecule has 8 nitrogen and oxygen atoms in total. The summed E-state index contributed by atoms with van der Waals surface area (Å²) >= 11 is 0. The van der Waals surface area contributed by atoms with Crippen molar-refractivity contribution in [2.45, 2.75) is 53.1 Å². The van der Waals surface area contributed by atoms with Crippen LogP contribution in [0.15, 0.2) is 12.3 Å². The largest absolute Gasteiger partial charge is 0.383 e. The van der Waals surface area contributed by atoms with Crippen molar-refractivity contribution in [1.82, 2.24) is 15.7 Å². The van der Waals surface area contributed by atoms with Crippen LogP contribution in [0.25, 0.3) is 0 Å². The number of aliphatic hydroxyl groups excluding tert-OH is 1. The Balaban J connectivity index is 4.71. The normalized spacial score (nSPS) is 12.5. The summed E-state index contributed by atoms with van der Waals surface area (Å²) in [6, 6.07) is -1.13. The van der Waals surface area contributed by atoms with Gasteiger partial charge in [-0.3, -0.25) is 14.8 Å². The first-order valence-corrected chi connectivity index (χ1v) is 7.84. The Kier molecular flexibility index (Phi) is 8.63. The Labute approximate surface area is 142 Å². The van der Waals surface area contributed by atoms with Crippen LogP contribution >= 0.6 is 0 Å². The number of carbonyl (C=O) groups is 3. The fourth-order valence-electron chi connectivity index (χ4n) is 1.80. The van der Waals surface area contributed by atoms with Gasteiger partial charge in [0, 0.05) is 24.6 Å². The van der Waals surface area contributed by atoms with Gasteiger partial charge in [0.15, 0.2) is 0 Å². The van der Waals surface area contributed by atoms with E-state index in [1.165, 1.54) is 7.05 Å². The van der Waals surface area contributed by atoms with Gasteiger partial charge in [-0.25, -0.2) is 4.79 Å². The molecule has 0 spiro atoms. The minimum absolute atomic E-state index is 0.0685. The summed E-state index contributed by atoms with van der Waals surface area (Å²) < 4.78 is 0. The first-order valence-electron chi connectivity index (χ1n) is 7.84. The van der Waals surface area contributed by atoms with Crippen molar-refractivity contribution in [3.8, 4) is 0 Å². The quantitative estimate of drug-likeness (QED) is 0.392. The fourth-order valence-corrected chi connectivity index (χ4v) is 1.80. The second kappa shape index (κ2) is 9.39. The van der Waals surface area contributed by atoms with E-state index in [9.17, 15) is 24.7 Å². The van der Waals surface area contributed by atoms with Gasteiger partial charge in [0.2, 0.25) is 5.91 Å². The third kappa shape index (κ3) is 7.10. The molecule has 8 heteroatoms. The molecule has 0 aromatic carbocycles. The molecule has 0 fully saturated rings. The monoisotopic (exact) mass is 343 g/mol. The average molecular weight is 343 g/mol. The van der Waals surface area contributed by atoms with E-state index in [-0.39, 0.29) is 35.4 Å². The van der Waals surface area contributed by atoms with Crippen LogP contribution < -0.4 is 10.6 Å². The summed E-state index contributed by atoms with van der Waals surface area (Å²) in [5, 5.41) is 24.0. The maximum absolute atomic E-state index is 11.9. The number of hydrogen-bond acceptors (Lipinski definition) is 5. The summed E-state index contributed by atoms with van der Waals surface area (Å²) in [6.45, 7) is 10.9. The van der Waals surface area contributed by atoms with Gasteiger partial charge in [-0.1, -0.05) is 34.3 Å². The van der Waals surface area contributed by atoms with Crippen LogP contribution in [-0.4, -0.2) is 46.4 Å². The molecule has 0 heterocycles. The van der Waals surface area contributed by atoms with Gasteiger partial charge in [-0.05, 0) is 18.8 Å². The molecule has 0 aliphatic heterocycles. The third-order valence-electron chi connectivity index (χ3n) is 3.66. The smallest absolute Gasteiger partial charge is 0.352 e. The van der Waals surface area contributed by atoms with Crippen molar-refractivity contribution < 1.29 is 24.7 Å². The van der Waals surface area contributed by atoms with Crippen molar-refractivity contribution in [1.29, 1.82) is 0 Å². The second-order valence-corrected chi connectivity index (χ2v) is 6.78. The van der Waals surface area contributed by atoms with Crippen LogP contribution in [0, 0.1) is 11.3 Å². The highest BCUT2D eigenvalue weighted by molar-refractivity contribution is 5.95. The van der Waals surface area contributed by atoms with E-state index in [4.69, 9.17) is 0 Å². The number of carbonyl (C=O) groups excluding carboxylic acids is 3. The molecule has 0 aliphatic rings. The molecule has 4 N–H and O–H groups in total. The predicted molar refractivity (Wildman–Crippen MR) is 88.8 cm³/mol. The van der Waals surface area contributed by atoms with Gasteiger partial charge in [-0.15, -0.1) is 5.06 Å². The van der Waals surface area contributed by atoms with Crippen molar-refractivity contribution in [2.75, 3.05) is 7.05 Å². The molecule has 0 rings (SSSR count). The molecule has 0 aromatic rings. The van der Waals surface area contributed by atoms with Crippen molar-refractivity contribution in [3.63, 3.8) is 0 Å². The maximum Gasteiger partial charge on any atom is 0.352 e. The number of hydroxylamine groups is 2. The van der Waals surface area contributed by atoms with Crippen LogP contribution in [0.4, 0.5) is 4.79 Å². The summed E-state index contributed by atoms with van der Waals surface area (Å²) in [4.78, 5) is 35.2. The van der Waals surface area contributed by atoms with Gasteiger partial charge in [0.05, 0.1) is 0 Å². The van der Waals surface area contributed by atoms with Crippen LogP contribution in [0.2, 0.25) is 0 Å². The molecule has 0 bridgehead atoms. The zero-order valence-electron chi connectivity index (χ0n) is 15.0. The molecule has 0 saturated heterocycles. The summed E-state index contributed by atoms with van der Waals surface area (Å²) in [6.07, 6.45) is -0.674. The SMILES string of the molecule is C=C(NC(=O)N(O)C(=O)[C@@H](O)CCC(C)C)C(C)(C)CC(=O)NC. The zero-order chi connectivity index (χ0) is 19.1. The van der Waals surface area contributed by atoms with E-state index in [1.807, 2.05) is 13.8 Å². The topological polar surface area (TPSA) is 119 Å². The van der Waals surface area contributed by atoms with E-state index in [0.29, 0.717) is 6.42 Å². The number of urea groups is 1. The van der Waals surface area contributed by atoms with Crippen LogP contribution in [0.3, 0.4) is 0 Å². The number of nitrogens with one attached hydrogen (secondary N) is 2. The molecule has 0 unspecified atom stereocenters. The lowest BCUT2D eigenvalue weighted by molar-refractivity contribution is -0.162. The van der Waals surface area contributed by atoms with Crippen molar-refractivity contribution in [2.24, 2.45) is 11.3 Å². The molecular weight excluding hydrogens is 314 g/mol. The molecule has 24 heavy (non-hydrogen) atoms. The number of rotatable bonds is 8. The van der Waals surface area contributed by atoms with Gasteiger partial charge >= 0.3 is 6.03 Å². The van der Waals surface area contributed by atoms with Crippen molar-refractivity contribution in [3.05, 3.63) is 12.3 Å². The standard InChI is InChI=1S/C16H29N3O5/c1-10(2)7-8-12(20)14(22)19(24)15(23)18-11(3)16(4,5)9-13(21)17-6/h10,12,20,24H,3,7-9H2,1-2,4-6H3,(H,17,21)(H,18,23)/t12-/m0/s1. The zero-order valence-corrected chi connectivity index (χ0v) is 15.0. The van der Waals surface area contributed by atoms with Crippen LogP contribution in [-0.2, 0) is 9.59 Å². The number of nitrogens with zero attached hydrogens (tertiary/aromatic N) is 1. The Morgan fingerprint density at radius 1 is 1.21 bits per heavy atom. The van der Waals surface area contributed by atoms with Gasteiger partial charge in [0.1, 0.15) is 6.10 Å². The predicted octanol–water partition coefficient (Wildman–Crippen LogP) is 1.39. The molecule has 0 aliphatic carbocycles. The first-order chi connectivity index (χ1) is 10.9. The average Bonchev–Trinajstić information content (AvgIpc) is 2.50. The van der Waals surface area contributed by atoms with Crippen LogP contribution in [0.5, 0.6) is 0 Å². The van der Waals surface area contributed by atoms with E-state index in [0.717, 1.165) is 0 Å². The number of amides is 4. The number of hydrogen-bond donors (Lipinski definition) is 4. The highest BCUT2D eigenvalue weighted by Gasteiger charge is 2.31. The van der Waals surface area contributed by atoms with Crippen LogP contribution in [0.1, 0.15) is 47.0 Å². The number of imide groups is 1. The Hall–Kier alpha value is -1.93. The number of aliphatic hydroxyl groups is 1. The second-order valence-electron chi connectivity index (χ2n) is 6.78. The highest BCUT2D eigenvalue weighted by atomic mass is 16.5. The lowest BCUT2D eigenvalue weighted by Crippen LogP contribution is -2.47.